The van der Waals surface area contributed by atoms with Crippen molar-refractivity contribution in [1.82, 2.24) is 0 Å². The number of carboxylic acids is 1. The van der Waals surface area contributed by atoms with Crippen LogP contribution in [0, 0.1) is 29.1 Å². The number of carboxylic acid groups (broad SMARTS) is 1. The number of thiophene rings is 1. The van der Waals surface area contributed by atoms with E-state index in [1.165, 1.54) is 16.2 Å². The minimum atomic E-state index is -0.943. The molecule has 6 heteroatoms. The summed E-state index contributed by atoms with van der Waals surface area (Å²) in [4.78, 5) is 25.3. The second-order valence-electron chi connectivity index (χ2n) is 6.82. The van der Waals surface area contributed by atoms with Gasteiger partial charge in [0.25, 0.3) is 0 Å². The number of hydrogen-bond donors (Lipinski definition) is 2. The second kappa shape index (κ2) is 7.40. The highest BCUT2D eigenvalue weighted by molar-refractivity contribution is 7.16. The number of hydrogen-bond acceptors (Lipinski definition) is 4. The Hall–Kier alpha value is -2.13. The molecule has 2 aliphatic carbocycles. The summed E-state index contributed by atoms with van der Waals surface area (Å²) in [5.41, 5.74) is 1.65. The largest absolute Gasteiger partial charge is 0.481 e. The van der Waals surface area contributed by atoms with Gasteiger partial charge in [0.2, 0.25) is 5.91 Å². The summed E-state index contributed by atoms with van der Waals surface area (Å²) in [7, 11) is 0. The van der Waals surface area contributed by atoms with Gasteiger partial charge in [-0.25, -0.2) is 0 Å². The first kappa shape index (κ1) is 17.7. The van der Waals surface area contributed by atoms with E-state index in [4.69, 9.17) is 0 Å². The Labute approximate surface area is 151 Å². The summed E-state index contributed by atoms with van der Waals surface area (Å²) in [6.07, 6.45) is 8.52. The van der Waals surface area contributed by atoms with E-state index in [0.29, 0.717) is 29.3 Å². The highest BCUT2D eigenvalue weighted by atomic mass is 32.1. The lowest BCUT2D eigenvalue weighted by atomic mass is 9.82. The first-order valence-corrected chi connectivity index (χ1v) is 9.60. The van der Waals surface area contributed by atoms with Crippen LogP contribution in [0.25, 0.3) is 0 Å². The van der Waals surface area contributed by atoms with E-state index in [1.807, 2.05) is 12.2 Å². The molecule has 1 aromatic rings. The summed E-state index contributed by atoms with van der Waals surface area (Å²) < 4.78 is 0. The van der Waals surface area contributed by atoms with Crippen molar-refractivity contribution < 1.29 is 14.7 Å². The third-order valence-corrected chi connectivity index (χ3v) is 6.55. The van der Waals surface area contributed by atoms with Crippen LogP contribution in [0.3, 0.4) is 0 Å². The predicted molar refractivity (Wildman–Crippen MR) is 96.5 cm³/mol. The molecule has 2 N–H and O–H groups in total. The Bertz CT molecular complexity index is 759. The highest BCUT2D eigenvalue weighted by Crippen LogP contribution is 2.40. The number of allylic oxidation sites excluding steroid dienone is 2. The van der Waals surface area contributed by atoms with Gasteiger partial charge < -0.3 is 10.4 Å². The molecule has 0 saturated carbocycles. The van der Waals surface area contributed by atoms with Gasteiger partial charge >= 0.3 is 5.97 Å². The lowest BCUT2D eigenvalue weighted by Crippen LogP contribution is -2.34. The number of aliphatic carboxylic acids is 1. The smallest absolute Gasteiger partial charge is 0.307 e. The molecule has 1 amide bonds. The van der Waals surface area contributed by atoms with Gasteiger partial charge in [0, 0.05) is 4.88 Å². The Balaban J connectivity index is 1.82. The van der Waals surface area contributed by atoms with E-state index >= 15 is 0 Å². The lowest BCUT2D eigenvalue weighted by molar-refractivity contribution is -0.146. The van der Waals surface area contributed by atoms with Crippen LogP contribution in [0.4, 0.5) is 5.00 Å². The summed E-state index contributed by atoms with van der Waals surface area (Å²) in [6.45, 7) is 2.18. The van der Waals surface area contributed by atoms with Crippen molar-refractivity contribution in [3.8, 4) is 6.07 Å². The monoisotopic (exact) mass is 358 g/mol. The van der Waals surface area contributed by atoms with Gasteiger partial charge in [0.15, 0.2) is 0 Å². The fourth-order valence-corrected chi connectivity index (χ4v) is 5.11. The first-order chi connectivity index (χ1) is 12.0. The lowest BCUT2D eigenvalue weighted by Gasteiger charge is -2.23. The van der Waals surface area contributed by atoms with Crippen molar-refractivity contribution in [2.75, 3.05) is 5.32 Å². The SMILES string of the molecule is CC[C@@H]1CCc2c(sc(NC(=O)[C@H]3CC=CC[C@@H]3C(=O)O)c2C#N)C1. The van der Waals surface area contributed by atoms with Crippen molar-refractivity contribution in [2.24, 2.45) is 17.8 Å². The maximum absolute atomic E-state index is 12.7. The molecule has 1 heterocycles. The van der Waals surface area contributed by atoms with Gasteiger partial charge in [0.1, 0.15) is 11.1 Å². The number of amides is 1. The van der Waals surface area contributed by atoms with Crippen molar-refractivity contribution in [2.45, 2.75) is 45.4 Å². The number of nitrogens with one attached hydrogen (secondary N) is 1. The molecule has 3 rings (SSSR count). The summed E-state index contributed by atoms with van der Waals surface area (Å²) >= 11 is 1.49. The summed E-state index contributed by atoms with van der Waals surface area (Å²) in [6, 6.07) is 2.24. The number of nitriles is 1. The molecule has 0 aromatic carbocycles. The maximum atomic E-state index is 12.7. The van der Waals surface area contributed by atoms with Crippen LogP contribution >= 0.6 is 11.3 Å². The molecule has 5 nitrogen and oxygen atoms in total. The fraction of sp³-hybridized carbons (Fsp3) is 0.526. The van der Waals surface area contributed by atoms with Gasteiger partial charge in [-0.05, 0) is 43.6 Å². The molecule has 0 bridgehead atoms. The molecule has 132 valence electrons. The fourth-order valence-electron chi connectivity index (χ4n) is 3.79. The van der Waals surface area contributed by atoms with Crippen LogP contribution in [0.1, 0.15) is 48.6 Å². The highest BCUT2D eigenvalue weighted by Gasteiger charge is 2.35. The van der Waals surface area contributed by atoms with Gasteiger partial charge in [-0.2, -0.15) is 5.26 Å². The average molecular weight is 358 g/mol. The minimum absolute atomic E-state index is 0.293. The van der Waals surface area contributed by atoms with E-state index in [-0.39, 0.29) is 5.91 Å². The first-order valence-electron chi connectivity index (χ1n) is 8.78. The summed E-state index contributed by atoms with van der Waals surface area (Å²) in [5, 5.41) is 22.4. The van der Waals surface area contributed by atoms with E-state index in [0.717, 1.165) is 31.2 Å². The summed E-state index contributed by atoms with van der Waals surface area (Å²) in [5.74, 6) is -1.88. The molecule has 25 heavy (non-hydrogen) atoms. The van der Waals surface area contributed by atoms with E-state index in [2.05, 4.69) is 18.3 Å². The Morgan fingerprint density at radius 3 is 2.72 bits per heavy atom. The topological polar surface area (TPSA) is 90.2 Å². The second-order valence-corrected chi connectivity index (χ2v) is 7.93. The van der Waals surface area contributed by atoms with Gasteiger partial charge in [0.05, 0.1) is 17.4 Å². The third-order valence-electron chi connectivity index (χ3n) is 5.38. The van der Waals surface area contributed by atoms with E-state index in [1.54, 1.807) is 0 Å². The number of carbonyl (C=O) groups is 2. The standard InChI is InChI=1S/C19H22N2O3S/c1-2-11-7-8-12-15(10-20)18(25-16(12)9-11)21-17(22)13-5-3-4-6-14(13)19(23)24/h3-4,11,13-14H,2,5-9H2,1H3,(H,21,22)(H,23,24)/t11-,13+,14+/m1/s1. The number of nitrogens with zero attached hydrogens (tertiary/aromatic N) is 1. The zero-order chi connectivity index (χ0) is 18.0. The molecular weight excluding hydrogens is 336 g/mol. The quantitative estimate of drug-likeness (QED) is 0.802. The number of anilines is 1. The maximum Gasteiger partial charge on any atom is 0.307 e. The Kier molecular flexibility index (Phi) is 5.24. The van der Waals surface area contributed by atoms with Crippen molar-refractivity contribution in [3.05, 3.63) is 28.2 Å². The van der Waals surface area contributed by atoms with Crippen LogP contribution in [-0.4, -0.2) is 17.0 Å². The zero-order valence-electron chi connectivity index (χ0n) is 14.2. The molecule has 0 saturated heterocycles. The van der Waals surface area contributed by atoms with Gasteiger partial charge in [-0.3, -0.25) is 9.59 Å². The van der Waals surface area contributed by atoms with Crippen LogP contribution in [0.5, 0.6) is 0 Å². The molecular formula is C19H22N2O3S. The molecule has 0 spiro atoms. The molecule has 1 aromatic heterocycles. The predicted octanol–water partition coefficient (Wildman–Crippen LogP) is 3.74. The van der Waals surface area contributed by atoms with Gasteiger partial charge in [-0.1, -0.05) is 25.5 Å². The zero-order valence-corrected chi connectivity index (χ0v) is 15.1. The van der Waals surface area contributed by atoms with Crippen molar-refractivity contribution in [1.29, 1.82) is 5.26 Å². The van der Waals surface area contributed by atoms with Gasteiger partial charge in [-0.15, -0.1) is 11.3 Å². The normalized spacial score (nSPS) is 25.0. The van der Waals surface area contributed by atoms with E-state index < -0.39 is 17.8 Å². The molecule has 0 radical (unpaired) electrons. The average Bonchev–Trinajstić information content (AvgIpc) is 2.97. The third kappa shape index (κ3) is 3.47. The molecule has 3 atom stereocenters. The molecule has 0 aliphatic heterocycles. The number of rotatable bonds is 4. The van der Waals surface area contributed by atoms with Crippen LogP contribution in [0.15, 0.2) is 12.2 Å². The number of carbonyl (C=O) groups excluding carboxylic acids is 1. The minimum Gasteiger partial charge on any atom is -0.481 e. The molecule has 2 aliphatic rings. The number of fused-ring (bicyclic) bond motifs is 1. The van der Waals surface area contributed by atoms with Crippen molar-refractivity contribution >= 4 is 28.2 Å². The Morgan fingerprint density at radius 1 is 1.36 bits per heavy atom. The Morgan fingerprint density at radius 2 is 2.08 bits per heavy atom. The van der Waals surface area contributed by atoms with E-state index in [9.17, 15) is 20.0 Å². The van der Waals surface area contributed by atoms with Crippen LogP contribution in [0.2, 0.25) is 0 Å². The van der Waals surface area contributed by atoms with Crippen LogP contribution < -0.4 is 5.32 Å². The molecule has 0 unspecified atom stereocenters. The molecule has 0 fully saturated rings. The van der Waals surface area contributed by atoms with Crippen molar-refractivity contribution in [3.63, 3.8) is 0 Å². The van der Waals surface area contributed by atoms with Crippen LogP contribution in [-0.2, 0) is 22.4 Å².